The van der Waals surface area contributed by atoms with Gasteiger partial charge in [-0.3, -0.25) is 0 Å². The lowest BCUT2D eigenvalue weighted by Crippen LogP contribution is -2.16. The standard InChI is InChI=1S/C23H23N2P/c1-18-15-22-23(16-19(18)2)25(17-24-22)13-14-26(20-9-5-3-6-10-20)21-11-7-4-8-12-21/h3-12,15-17H,13-14H2,1-2H3. The van der Waals surface area contributed by atoms with Crippen molar-refractivity contribution in [3.05, 3.63) is 90.3 Å². The van der Waals surface area contributed by atoms with Crippen LogP contribution in [0.5, 0.6) is 0 Å². The number of imidazole rings is 1. The van der Waals surface area contributed by atoms with E-state index < -0.39 is 0 Å². The van der Waals surface area contributed by atoms with Crippen LogP contribution >= 0.6 is 7.92 Å². The maximum atomic E-state index is 4.61. The van der Waals surface area contributed by atoms with E-state index >= 15 is 0 Å². The van der Waals surface area contributed by atoms with Crippen molar-refractivity contribution >= 4 is 29.6 Å². The molecule has 0 N–H and O–H groups in total. The Labute approximate surface area is 156 Å². The lowest BCUT2D eigenvalue weighted by atomic mass is 10.1. The van der Waals surface area contributed by atoms with Crippen molar-refractivity contribution < 1.29 is 0 Å². The molecule has 3 aromatic carbocycles. The Morgan fingerprint density at radius 3 is 2.00 bits per heavy atom. The lowest BCUT2D eigenvalue weighted by Gasteiger charge is -2.19. The van der Waals surface area contributed by atoms with Crippen LogP contribution in [-0.4, -0.2) is 15.7 Å². The first kappa shape index (κ1) is 17.0. The molecule has 0 atom stereocenters. The zero-order valence-corrected chi connectivity index (χ0v) is 16.2. The first-order valence-corrected chi connectivity index (χ1v) is 10.5. The summed E-state index contributed by atoms with van der Waals surface area (Å²) in [6.07, 6.45) is 3.11. The molecular weight excluding hydrogens is 335 g/mol. The number of benzene rings is 3. The Hall–Kier alpha value is -2.44. The molecule has 0 aliphatic heterocycles. The molecule has 0 saturated heterocycles. The van der Waals surface area contributed by atoms with Gasteiger partial charge in [0.2, 0.25) is 0 Å². The molecule has 0 radical (unpaired) electrons. The molecule has 26 heavy (non-hydrogen) atoms. The number of nitrogens with zero attached hydrogens (tertiary/aromatic N) is 2. The molecule has 0 fully saturated rings. The second-order valence-electron chi connectivity index (χ2n) is 6.69. The van der Waals surface area contributed by atoms with Gasteiger partial charge in [0.15, 0.2) is 0 Å². The molecule has 2 nitrogen and oxygen atoms in total. The van der Waals surface area contributed by atoms with Gasteiger partial charge in [-0.1, -0.05) is 60.7 Å². The van der Waals surface area contributed by atoms with Crippen molar-refractivity contribution in [3.8, 4) is 0 Å². The third-order valence-electron chi connectivity index (χ3n) is 4.94. The minimum absolute atomic E-state index is 0.374. The molecule has 3 heteroatoms. The van der Waals surface area contributed by atoms with E-state index in [-0.39, 0.29) is 7.92 Å². The third-order valence-corrected chi connectivity index (χ3v) is 7.43. The molecular formula is C23H23N2P. The zero-order chi connectivity index (χ0) is 17.9. The highest BCUT2D eigenvalue weighted by Gasteiger charge is 2.14. The van der Waals surface area contributed by atoms with Crippen LogP contribution in [0.3, 0.4) is 0 Å². The molecule has 0 spiro atoms. The van der Waals surface area contributed by atoms with Gasteiger partial charge in [-0.2, -0.15) is 0 Å². The molecule has 0 saturated carbocycles. The van der Waals surface area contributed by atoms with Crippen LogP contribution in [0.15, 0.2) is 79.1 Å². The summed E-state index contributed by atoms with van der Waals surface area (Å²) in [5, 5.41) is 2.87. The van der Waals surface area contributed by atoms with E-state index in [1.165, 1.54) is 27.3 Å². The minimum Gasteiger partial charge on any atom is -0.330 e. The van der Waals surface area contributed by atoms with Gasteiger partial charge in [-0.05, 0) is 61.8 Å². The highest BCUT2D eigenvalue weighted by Crippen LogP contribution is 2.34. The summed E-state index contributed by atoms with van der Waals surface area (Å²) in [7, 11) is -0.374. The van der Waals surface area contributed by atoms with Crippen molar-refractivity contribution in [1.29, 1.82) is 0 Å². The van der Waals surface area contributed by atoms with E-state index in [2.05, 4.69) is 96.2 Å². The van der Waals surface area contributed by atoms with E-state index in [9.17, 15) is 0 Å². The van der Waals surface area contributed by atoms with Gasteiger partial charge in [-0.25, -0.2) is 4.98 Å². The number of hydrogen-bond donors (Lipinski definition) is 0. The van der Waals surface area contributed by atoms with Crippen molar-refractivity contribution in [3.63, 3.8) is 0 Å². The van der Waals surface area contributed by atoms with E-state index in [0.29, 0.717) is 0 Å². The minimum atomic E-state index is -0.374. The topological polar surface area (TPSA) is 17.8 Å². The zero-order valence-electron chi connectivity index (χ0n) is 15.3. The Bertz CT molecular complexity index is 967. The lowest BCUT2D eigenvalue weighted by molar-refractivity contribution is 0.794. The highest BCUT2D eigenvalue weighted by atomic mass is 31.1. The molecule has 0 aliphatic carbocycles. The largest absolute Gasteiger partial charge is 0.330 e. The fourth-order valence-electron chi connectivity index (χ4n) is 3.32. The van der Waals surface area contributed by atoms with Gasteiger partial charge >= 0.3 is 0 Å². The molecule has 0 bridgehead atoms. The van der Waals surface area contributed by atoms with Gasteiger partial charge in [0, 0.05) is 6.54 Å². The van der Waals surface area contributed by atoms with Crippen LogP contribution in [0.2, 0.25) is 0 Å². The van der Waals surface area contributed by atoms with E-state index in [4.69, 9.17) is 0 Å². The summed E-state index contributed by atoms with van der Waals surface area (Å²) in [5.41, 5.74) is 4.97. The molecule has 4 aromatic rings. The van der Waals surface area contributed by atoms with Crippen LogP contribution in [-0.2, 0) is 6.54 Å². The van der Waals surface area contributed by atoms with Crippen LogP contribution in [0.25, 0.3) is 11.0 Å². The van der Waals surface area contributed by atoms with Crippen molar-refractivity contribution in [2.45, 2.75) is 20.4 Å². The normalized spacial score (nSPS) is 11.3. The quantitative estimate of drug-likeness (QED) is 0.469. The van der Waals surface area contributed by atoms with Crippen LogP contribution in [0.4, 0.5) is 0 Å². The molecule has 0 unspecified atom stereocenters. The second-order valence-corrected chi connectivity index (χ2v) is 9.02. The number of fused-ring (bicyclic) bond motifs is 1. The van der Waals surface area contributed by atoms with E-state index in [0.717, 1.165) is 18.2 Å². The summed E-state index contributed by atoms with van der Waals surface area (Å²) in [6.45, 7) is 5.30. The summed E-state index contributed by atoms with van der Waals surface area (Å²) in [5.74, 6) is 0. The molecule has 4 rings (SSSR count). The number of aryl methyl sites for hydroxylation is 3. The summed E-state index contributed by atoms with van der Waals surface area (Å²) < 4.78 is 2.31. The Morgan fingerprint density at radius 1 is 0.808 bits per heavy atom. The second kappa shape index (κ2) is 7.43. The molecule has 0 aliphatic rings. The van der Waals surface area contributed by atoms with E-state index in [1.54, 1.807) is 0 Å². The van der Waals surface area contributed by atoms with Crippen LogP contribution in [0, 0.1) is 13.8 Å². The van der Waals surface area contributed by atoms with Gasteiger partial charge in [0.05, 0.1) is 17.4 Å². The predicted molar refractivity (Wildman–Crippen MR) is 113 cm³/mol. The van der Waals surface area contributed by atoms with Crippen molar-refractivity contribution in [1.82, 2.24) is 9.55 Å². The van der Waals surface area contributed by atoms with Gasteiger partial charge in [0.1, 0.15) is 0 Å². The van der Waals surface area contributed by atoms with Gasteiger partial charge in [-0.15, -0.1) is 0 Å². The molecule has 1 aromatic heterocycles. The first-order chi connectivity index (χ1) is 12.7. The Kier molecular flexibility index (Phi) is 4.86. The van der Waals surface area contributed by atoms with Crippen molar-refractivity contribution in [2.24, 2.45) is 0 Å². The fraction of sp³-hybridized carbons (Fsp3) is 0.174. The number of aromatic nitrogens is 2. The maximum Gasteiger partial charge on any atom is 0.0958 e. The van der Waals surface area contributed by atoms with Crippen molar-refractivity contribution in [2.75, 3.05) is 6.16 Å². The van der Waals surface area contributed by atoms with Gasteiger partial charge < -0.3 is 4.57 Å². The molecule has 0 amide bonds. The third kappa shape index (κ3) is 3.43. The Balaban J connectivity index is 1.64. The molecule has 130 valence electrons. The summed E-state index contributed by atoms with van der Waals surface area (Å²) in [6, 6.07) is 26.3. The summed E-state index contributed by atoms with van der Waals surface area (Å²) in [4.78, 5) is 4.61. The summed E-state index contributed by atoms with van der Waals surface area (Å²) >= 11 is 0. The average molecular weight is 358 g/mol. The average Bonchev–Trinajstić information content (AvgIpc) is 3.06. The monoisotopic (exact) mass is 358 g/mol. The maximum absolute atomic E-state index is 4.61. The number of rotatable bonds is 5. The highest BCUT2D eigenvalue weighted by molar-refractivity contribution is 7.73. The first-order valence-electron chi connectivity index (χ1n) is 9.02. The van der Waals surface area contributed by atoms with E-state index in [1.807, 2.05) is 6.33 Å². The number of hydrogen-bond acceptors (Lipinski definition) is 1. The SMILES string of the molecule is Cc1cc2ncn(CCP(c3ccccc3)c3ccccc3)c2cc1C. The van der Waals surface area contributed by atoms with Crippen LogP contribution < -0.4 is 10.6 Å². The molecule has 1 heterocycles. The smallest absolute Gasteiger partial charge is 0.0958 e. The van der Waals surface area contributed by atoms with Crippen LogP contribution in [0.1, 0.15) is 11.1 Å². The Morgan fingerprint density at radius 2 is 1.38 bits per heavy atom. The predicted octanol–water partition coefficient (Wildman–Crippen LogP) is 4.79. The van der Waals surface area contributed by atoms with Gasteiger partial charge in [0.25, 0.3) is 0 Å². The fourth-order valence-corrected chi connectivity index (χ4v) is 5.62.